The summed E-state index contributed by atoms with van der Waals surface area (Å²) in [6, 6.07) is 51.6. The summed E-state index contributed by atoms with van der Waals surface area (Å²) in [6.45, 7) is 0. The van der Waals surface area contributed by atoms with Crippen molar-refractivity contribution in [3.63, 3.8) is 0 Å². The van der Waals surface area contributed by atoms with Crippen molar-refractivity contribution >= 4 is 65.6 Å². The first-order chi connectivity index (χ1) is 25.7. The summed E-state index contributed by atoms with van der Waals surface area (Å²) in [5, 5.41) is 7.47. The van der Waals surface area contributed by atoms with E-state index in [1.807, 2.05) is 60.8 Å². The summed E-state index contributed by atoms with van der Waals surface area (Å²) in [6.07, 6.45) is 1.82. The van der Waals surface area contributed by atoms with Crippen LogP contribution in [-0.4, -0.2) is 19.9 Å². The summed E-state index contributed by atoms with van der Waals surface area (Å²) in [7, 11) is 0. The van der Waals surface area contributed by atoms with E-state index in [0.29, 0.717) is 17.5 Å². The molecule has 4 aromatic heterocycles. The Morgan fingerprint density at radius 2 is 1.02 bits per heavy atom. The fourth-order valence-electron chi connectivity index (χ4n) is 7.50. The smallest absolute Gasteiger partial charge is 0.164 e. The van der Waals surface area contributed by atoms with Gasteiger partial charge in [-0.3, -0.25) is 4.98 Å². The third-order valence-electron chi connectivity index (χ3n) is 9.95. The van der Waals surface area contributed by atoms with Crippen LogP contribution in [0.3, 0.4) is 0 Å². The number of nitrogens with zero attached hydrogens (tertiary/aromatic N) is 4. The molecule has 6 heteroatoms. The third-order valence-corrected chi connectivity index (χ3v) is 9.95. The van der Waals surface area contributed by atoms with Crippen LogP contribution < -0.4 is 0 Å². The molecule has 0 aliphatic carbocycles. The van der Waals surface area contributed by atoms with E-state index in [4.69, 9.17) is 23.8 Å². The van der Waals surface area contributed by atoms with Gasteiger partial charge in [0.2, 0.25) is 0 Å². The molecule has 52 heavy (non-hydrogen) atoms. The number of hydrogen-bond acceptors (Lipinski definition) is 6. The molecular weight excluding hydrogens is 641 g/mol. The Hall–Kier alpha value is -7.18. The van der Waals surface area contributed by atoms with Crippen molar-refractivity contribution in [1.82, 2.24) is 19.9 Å². The first-order valence-electron chi connectivity index (χ1n) is 17.2. The summed E-state index contributed by atoms with van der Waals surface area (Å²) < 4.78 is 12.7. The van der Waals surface area contributed by atoms with E-state index in [1.165, 1.54) is 0 Å². The lowest BCUT2D eigenvalue weighted by Gasteiger charge is -2.11. The number of rotatable bonds is 4. The maximum Gasteiger partial charge on any atom is 0.164 e. The van der Waals surface area contributed by atoms with Gasteiger partial charge in [0.05, 0.1) is 5.52 Å². The molecule has 0 spiro atoms. The average molecular weight is 667 g/mol. The van der Waals surface area contributed by atoms with E-state index in [1.54, 1.807) is 0 Å². The molecule has 11 aromatic rings. The molecule has 0 aliphatic heterocycles. The topological polar surface area (TPSA) is 77.8 Å². The molecule has 7 aromatic carbocycles. The zero-order chi connectivity index (χ0) is 34.2. The van der Waals surface area contributed by atoms with Crippen molar-refractivity contribution in [2.75, 3.05) is 0 Å². The number of benzene rings is 7. The van der Waals surface area contributed by atoms with Crippen LogP contribution in [0.25, 0.3) is 111 Å². The molecule has 242 valence electrons. The lowest BCUT2D eigenvalue weighted by Crippen LogP contribution is -2.00. The predicted octanol–water partition coefficient (Wildman–Crippen LogP) is 12.0. The van der Waals surface area contributed by atoms with Gasteiger partial charge in [-0.1, -0.05) is 103 Å². The monoisotopic (exact) mass is 666 g/mol. The number of hydrogen-bond donors (Lipinski definition) is 0. The van der Waals surface area contributed by atoms with Crippen molar-refractivity contribution in [3.8, 4) is 45.3 Å². The minimum absolute atomic E-state index is 0.572. The molecule has 11 rings (SSSR count). The number of pyridine rings is 1. The highest BCUT2D eigenvalue weighted by Gasteiger charge is 2.18. The van der Waals surface area contributed by atoms with Crippen LogP contribution in [0.4, 0.5) is 0 Å². The zero-order valence-electron chi connectivity index (χ0n) is 27.6. The van der Waals surface area contributed by atoms with Gasteiger partial charge in [0, 0.05) is 49.8 Å². The molecule has 0 N–H and O–H groups in total. The summed E-state index contributed by atoms with van der Waals surface area (Å²) in [4.78, 5) is 20.0. The number of aromatic nitrogens is 4. The van der Waals surface area contributed by atoms with Crippen molar-refractivity contribution in [2.45, 2.75) is 0 Å². The number of para-hydroxylation sites is 1. The quantitative estimate of drug-likeness (QED) is 0.186. The first kappa shape index (κ1) is 28.6. The Morgan fingerprint density at radius 3 is 1.96 bits per heavy atom. The summed E-state index contributed by atoms with van der Waals surface area (Å²) in [5.74, 6) is 1.76. The lowest BCUT2D eigenvalue weighted by molar-refractivity contribution is 0.669. The Balaban J connectivity index is 1.11. The van der Waals surface area contributed by atoms with Crippen LogP contribution in [0, 0.1) is 0 Å². The average Bonchev–Trinajstić information content (AvgIpc) is 3.77. The Bertz CT molecular complexity index is 3210. The highest BCUT2D eigenvalue weighted by molar-refractivity contribution is 6.15. The van der Waals surface area contributed by atoms with Crippen LogP contribution in [0.5, 0.6) is 0 Å². The Morgan fingerprint density at radius 1 is 0.365 bits per heavy atom. The molecule has 0 radical (unpaired) electrons. The second-order valence-electron chi connectivity index (χ2n) is 13.0. The highest BCUT2D eigenvalue weighted by Crippen LogP contribution is 2.39. The largest absolute Gasteiger partial charge is 0.456 e. The van der Waals surface area contributed by atoms with Crippen LogP contribution in [-0.2, 0) is 0 Å². The molecule has 0 saturated heterocycles. The molecule has 0 unspecified atom stereocenters. The van der Waals surface area contributed by atoms with Gasteiger partial charge >= 0.3 is 0 Å². The number of furan rings is 2. The standard InChI is InChI=1S/C46H26N4O2/c1-2-14-32-27(9-1)10-6-17-36(32)46-49-44(48-45(50-46)31-20-21-35-34-15-3-4-18-39(34)51-41(35)25-31)30-12-5-11-28(23-30)33-16-7-19-40-43(33)37-26-38-29(13-8-22-47-38)24-42(37)52-40/h1-26H. The SMILES string of the molecule is c1cc(-c2nc(-c3ccc4c(c3)oc3ccccc34)nc(-c3cccc4ccccc34)n2)cc(-c2cccc3oc4cc5cccnc5cc4c23)c1. The van der Waals surface area contributed by atoms with Gasteiger partial charge in [-0.05, 0) is 70.4 Å². The van der Waals surface area contributed by atoms with E-state index in [9.17, 15) is 0 Å². The second kappa shape index (κ2) is 11.2. The second-order valence-corrected chi connectivity index (χ2v) is 13.0. The maximum atomic E-state index is 6.38. The third kappa shape index (κ3) is 4.51. The molecular formula is C46H26N4O2. The lowest BCUT2D eigenvalue weighted by atomic mass is 9.97. The summed E-state index contributed by atoms with van der Waals surface area (Å²) >= 11 is 0. The normalized spacial score (nSPS) is 11.8. The van der Waals surface area contributed by atoms with E-state index in [-0.39, 0.29) is 0 Å². The van der Waals surface area contributed by atoms with Gasteiger partial charge in [0.25, 0.3) is 0 Å². The summed E-state index contributed by atoms with van der Waals surface area (Å²) in [5.41, 5.74) is 9.00. The minimum atomic E-state index is 0.572. The fourth-order valence-corrected chi connectivity index (χ4v) is 7.50. The fraction of sp³-hybridized carbons (Fsp3) is 0. The van der Waals surface area contributed by atoms with Crippen LogP contribution in [0.15, 0.2) is 167 Å². The molecule has 0 fully saturated rings. The Kier molecular flexibility index (Phi) is 6.15. The van der Waals surface area contributed by atoms with Gasteiger partial charge in [-0.2, -0.15) is 0 Å². The van der Waals surface area contributed by atoms with Gasteiger partial charge in [0.15, 0.2) is 17.5 Å². The first-order valence-corrected chi connectivity index (χ1v) is 17.2. The Labute approximate surface area is 296 Å². The van der Waals surface area contributed by atoms with E-state index in [2.05, 4.69) is 102 Å². The minimum Gasteiger partial charge on any atom is -0.456 e. The van der Waals surface area contributed by atoms with Gasteiger partial charge in [0.1, 0.15) is 22.3 Å². The van der Waals surface area contributed by atoms with Crippen LogP contribution in [0.2, 0.25) is 0 Å². The van der Waals surface area contributed by atoms with Crippen molar-refractivity contribution in [2.24, 2.45) is 0 Å². The van der Waals surface area contributed by atoms with Gasteiger partial charge < -0.3 is 8.83 Å². The molecule has 0 amide bonds. The van der Waals surface area contributed by atoms with E-state index in [0.717, 1.165) is 93.4 Å². The van der Waals surface area contributed by atoms with Gasteiger partial charge in [-0.15, -0.1) is 0 Å². The van der Waals surface area contributed by atoms with Gasteiger partial charge in [-0.25, -0.2) is 15.0 Å². The molecule has 6 nitrogen and oxygen atoms in total. The van der Waals surface area contributed by atoms with E-state index >= 15 is 0 Å². The predicted molar refractivity (Wildman–Crippen MR) is 209 cm³/mol. The van der Waals surface area contributed by atoms with Crippen molar-refractivity contribution in [1.29, 1.82) is 0 Å². The number of fused-ring (bicyclic) bond motifs is 8. The molecule has 0 aliphatic rings. The molecule has 0 saturated carbocycles. The maximum absolute atomic E-state index is 6.38. The zero-order valence-corrected chi connectivity index (χ0v) is 27.6. The molecule has 4 heterocycles. The molecule has 0 bridgehead atoms. The van der Waals surface area contributed by atoms with Crippen molar-refractivity contribution in [3.05, 3.63) is 158 Å². The van der Waals surface area contributed by atoms with Crippen molar-refractivity contribution < 1.29 is 8.83 Å². The van der Waals surface area contributed by atoms with E-state index < -0.39 is 0 Å². The highest BCUT2D eigenvalue weighted by atomic mass is 16.3. The van der Waals surface area contributed by atoms with Crippen LogP contribution in [0.1, 0.15) is 0 Å². The van der Waals surface area contributed by atoms with Crippen LogP contribution >= 0.6 is 0 Å². The molecule has 0 atom stereocenters.